The number of nitrogens with one attached hydrogen (secondary N) is 1. The van der Waals surface area contributed by atoms with Crippen LogP contribution in [0.2, 0.25) is 0 Å². The third-order valence-corrected chi connectivity index (χ3v) is 5.18. The van der Waals surface area contributed by atoms with Gasteiger partial charge in [-0.2, -0.15) is 0 Å². The van der Waals surface area contributed by atoms with Crippen molar-refractivity contribution in [1.29, 1.82) is 0 Å². The standard InChI is InChI=1S/C22H29N3O4/c1-22(2,3)15-7-9-16(10-8-15)29-14-19-23-12-18(20(26)24-19)21(27)25-11-5-6-17(13-25)28-4/h7-10,12,17H,5-6,11,13-14H2,1-4H3,(H,23,24,26)/t17-/m1/s1. The van der Waals surface area contributed by atoms with Gasteiger partial charge in [0.25, 0.3) is 11.5 Å². The molecule has 156 valence electrons. The quantitative estimate of drug-likeness (QED) is 0.836. The summed E-state index contributed by atoms with van der Waals surface area (Å²) in [5, 5.41) is 0. The van der Waals surface area contributed by atoms with Gasteiger partial charge in [0, 0.05) is 26.4 Å². The normalized spacial score (nSPS) is 17.2. The topological polar surface area (TPSA) is 84.5 Å². The highest BCUT2D eigenvalue weighted by molar-refractivity contribution is 5.93. The molecule has 0 spiro atoms. The van der Waals surface area contributed by atoms with E-state index in [4.69, 9.17) is 9.47 Å². The second-order valence-corrected chi connectivity index (χ2v) is 8.39. The molecular weight excluding hydrogens is 370 g/mol. The average molecular weight is 399 g/mol. The van der Waals surface area contributed by atoms with E-state index in [9.17, 15) is 9.59 Å². The van der Waals surface area contributed by atoms with Crippen molar-refractivity contribution in [2.24, 2.45) is 0 Å². The highest BCUT2D eigenvalue weighted by atomic mass is 16.5. The van der Waals surface area contributed by atoms with Gasteiger partial charge < -0.3 is 19.4 Å². The molecule has 0 bridgehead atoms. The zero-order valence-corrected chi connectivity index (χ0v) is 17.5. The van der Waals surface area contributed by atoms with Crippen LogP contribution in [-0.4, -0.2) is 47.1 Å². The maximum Gasteiger partial charge on any atom is 0.263 e. The predicted octanol–water partition coefficient (Wildman–Crippen LogP) is 2.90. The van der Waals surface area contributed by atoms with Crippen molar-refractivity contribution in [2.45, 2.75) is 51.7 Å². The van der Waals surface area contributed by atoms with Gasteiger partial charge in [0.1, 0.15) is 23.7 Å². The second-order valence-electron chi connectivity index (χ2n) is 8.39. The fourth-order valence-electron chi connectivity index (χ4n) is 3.35. The van der Waals surface area contributed by atoms with Crippen molar-refractivity contribution >= 4 is 5.91 Å². The summed E-state index contributed by atoms with van der Waals surface area (Å²) in [7, 11) is 1.64. The summed E-state index contributed by atoms with van der Waals surface area (Å²) in [4.78, 5) is 33.6. The van der Waals surface area contributed by atoms with Crippen molar-refractivity contribution in [1.82, 2.24) is 14.9 Å². The Morgan fingerprint density at radius 2 is 2.00 bits per heavy atom. The maximum atomic E-state index is 12.7. The van der Waals surface area contributed by atoms with Crippen molar-refractivity contribution in [3.8, 4) is 5.75 Å². The monoisotopic (exact) mass is 399 g/mol. The van der Waals surface area contributed by atoms with Crippen molar-refractivity contribution in [3.63, 3.8) is 0 Å². The lowest BCUT2D eigenvalue weighted by atomic mass is 9.87. The van der Waals surface area contributed by atoms with Crippen LogP contribution in [0.5, 0.6) is 5.75 Å². The molecule has 1 aliphatic heterocycles. The first-order chi connectivity index (χ1) is 13.8. The number of hydrogen-bond acceptors (Lipinski definition) is 5. The van der Waals surface area contributed by atoms with Gasteiger partial charge in [0.05, 0.1) is 6.10 Å². The molecule has 7 heteroatoms. The van der Waals surface area contributed by atoms with Gasteiger partial charge in [-0.15, -0.1) is 0 Å². The number of amides is 1. The molecule has 7 nitrogen and oxygen atoms in total. The summed E-state index contributed by atoms with van der Waals surface area (Å²) in [6, 6.07) is 7.86. The van der Waals surface area contributed by atoms with E-state index in [0.717, 1.165) is 12.8 Å². The number of benzene rings is 1. The molecule has 1 amide bonds. The first-order valence-electron chi connectivity index (χ1n) is 9.91. The molecule has 1 aromatic heterocycles. The van der Waals surface area contributed by atoms with E-state index in [1.807, 2.05) is 24.3 Å². The Balaban J connectivity index is 1.63. The van der Waals surface area contributed by atoms with Crippen molar-refractivity contribution < 1.29 is 14.3 Å². The molecule has 2 heterocycles. The van der Waals surface area contributed by atoms with E-state index in [-0.39, 0.29) is 29.6 Å². The Labute approximate surface area is 171 Å². The van der Waals surface area contributed by atoms with E-state index in [2.05, 4.69) is 30.7 Å². The van der Waals surface area contributed by atoms with E-state index in [1.54, 1.807) is 12.0 Å². The van der Waals surface area contributed by atoms with Gasteiger partial charge in [-0.3, -0.25) is 9.59 Å². The Bertz CT molecular complexity index is 900. The zero-order valence-electron chi connectivity index (χ0n) is 17.5. The van der Waals surface area contributed by atoms with E-state index in [1.165, 1.54) is 11.8 Å². The van der Waals surface area contributed by atoms with Crippen LogP contribution in [0, 0.1) is 0 Å². The first kappa shape index (κ1) is 21.0. The zero-order chi connectivity index (χ0) is 21.0. The van der Waals surface area contributed by atoms with Crippen LogP contribution in [0.1, 0.15) is 55.4 Å². The van der Waals surface area contributed by atoms with Crippen LogP contribution >= 0.6 is 0 Å². The minimum absolute atomic E-state index is 0.0112. The minimum atomic E-state index is -0.453. The van der Waals surface area contributed by atoms with Gasteiger partial charge >= 0.3 is 0 Å². The van der Waals surface area contributed by atoms with E-state index in [0.29, 0.717) is 24.7 Å². The molecule has 1 atom stereocenters. The average Bonchev–Trinajstić information content (AvgIpc) is 2.71. The number of carbonyl (C=O) groups is 1. The molecule has 3 rings (SSSR count). The summed E-state index contributed by atoms with van der Waals surface area (Å²) in [5.74, 6) is 0.755. The number of carbonyl (C=O) groups excluding carboxylic acids is 1. The number of likely N-dealkylation sites (tertiary alicyclic amines) is 1. The van der Waals surface area contributed by atoms with E-state index < -0.39 is 5.56 Å². The number of piperidine rings is 1. The Hall–Kier alpha value is -2.67. The van der Waals surface area contributed by atoms with Gasteiger partial charge in [0.2, 0.25) is 0 Å². The predicted molar refractivity (Wildman–Crippen MR) is 110 cm³/mol. The van der Waals surface area contributed by atoms with Crippen LogP contribution in [0.25, 0.3) is 0 Å². The minimum Gasteiger partial charge on any atom is -0.486 e. The number of aromatic nitrogens is 2. The smallest absolute Gasteiger partial charge is 0.263 e. The molecular formula is C22H29N3O4. The van der Waals surface area contributed by atoms with Crippen LogP contribution in [0.3, 0.4) is 0 Å². The molecule has 1 aliphatic rings. The molecule has 29 heavy (non-hydrogen) atoms. The van der Waals surface area contributed by atoms with Gasteiger partial charge in [-0.1, -0.05) is 32.9 Å². The van der Waals surface area contributed by atoms with E-state index >= 15 is 0 Å². The molecule has 1 fully saturated rings. The highest BCUT2D eigenvalue weighted by Gasteiger charge is 2.26. The number of hydrogen-bond donors (Lipinski definition) is 1. The number of H-pyrrole nitrogens is 1. The molecule has 2 aromatic rings. The van der Waals surface area contributed by atoms with Crippen LogP contribution in [-0.2, 0) is 16.8 Å². The highest BCUT2D eigenvalue weighted by Crippen LogP contribution is 2.24. The Morgan fingerprint density at radius 1 is 1.28 bits per heavy atom. The van der Waals surface area contributed by atoms with Crippen LogP contribution in [0.4, 0.5) is 0 Å². The Kier molecular flexibility index (Phi) is 6.37. The molecule has 0 radical (unpaired) electrons. The van der Waals surface area contributed by atoms with Crippen molar-refractivity contribution in [2.75, 3.05) is 20.2 Å². The van der Waals surface area contributed by atoms with Crippen molar-refractivity contribution in [3.05, 3.63) is 57.8 Å². The summed E-state index contributed by atoms with van der Waals surface area (Å²) < 4.78 is 11.1. The molecule has 1 aromatic carbocycles. The summed E-state index contributed by atoms with van der Waals surface area (Å²) >= 11 is 0. The number of aromatic amines is 1. The van der Waals surface area contributed by atoms with Gasteiger partial charge in [0.15, 0.2) is 0 Å². The molecule has 0 saturated carbocycles. The molecule has 1 N–H and O–H groups in total. The molecule has 0 unspecified atom stereocenters. The van der Waals surface area contributed by atoms with Gasteiger partial charge in [-0.05, 0) is 36.0 Å². The van der Waals surface area contributed by atoms with Gasteiger partial charge in [-0.25, -0.2) is 4.98 Å². The fourth-order valence-corrected chi connectivity index (χ4v) is 3.35. The van der Waals surface area contributed by atoms with Crippen LogP contribution in [0.15, 0.2) is 35.3 Å². The molecule has 0 aliphatic carbocycles. The SMILES string of the molecule is CO[C@@H]1CCCN(C(=O)c2cnc(COc3ccc(C(C)(C)C)cc3)[nH]c2=O)C1. The third-order valence-electron chi connectivity index (χ3n) is 5.18. The number of ether oxygens (including phenoxy) is 2. The molecule has 1 saturated heterocycles. The first-order valence-corrected chi connectivity index (χ1v) is 9.91. The summed E-state index contributed by atoms with van der Waals surface area (Å²) in [6.07, 6.45) is 3.12. The maximum absolute atomic E-state index is 12.7. The third kappa shape index (κ3) is 5.23. The number of methoxy groups -OCH3 is 1. The summed E-state index contributed by atoms with van der Waals surface area (Å²) in [5.41, 5.74) is 0.879. The Morgan fingerprint density at radius 3 is 2.62 bits per heavy atom. The number of rotatable bonds is 5. The van der Waals surface area contributed by atoms with Crippen LogP contribution < -0.4 is 10.3 Å². The summed E-state index contributed by atoms with van der Waals surface area (Å²) in [6.45, 7) is 7.69. The largest absolute Gasteiger partial charge is 0.486 e. The fraction of sp³-hybridized carbons (Fsp3) is 0.500. The second kappa shape index (κ2) is 8.78. The lowest BCUT2D eigenvalue weighted by Crippen LogP contribution is -2.44. The lowest BCUT2D eigenvalue weighted by Gasteiger charge is -2.31. The number of nitrogens with zero attached hydrogens (tertiary/aromatic N) is 2. The lowest BCUT2D eigenvalue weighted by molar-refractivity contribution is 0.0267.